The summed E-state index contributed by atoms with van der Waals surface area (Å²) < 4.78 is 4.79. The lowest BCUT2D eigenvalue weighted by molar-refractivity contribution is -0.105. The van der Waals surface area contributed by atoms with Gasteiger partial charge in [-0.05, 0) is 0 Å². The van der Waals surface area contributed by atoms with Gasteiger partial charge in [0.05, 0.1) is 7.11 Å². The Balaban J connectivity index is 2.97. The van der Waals surface area contributed by atoms with Crippen LogP contribution in [-0.4, -0.2) is 23.5 Å². The number of nitrogens with one attached hydrogen (secondary N) is 1. The molecule has 0 saturated heterocycles. The van der Waals surface area contributed by atoms with Crippen molar-refractivity contribution in [2.24, 2.45) is 0 Å². The Hall–Kier alpha value is -1.36. The molecule has 1 heterocycles. The molecule has 0 aliphatic carbocycles. The van der Waals surface area contributed by atoms with Gasteiger partial charge in [-0.2, -0.15) is 4.98 Å². The normalized spacial score (nSPS) is 9.17. The summed E-state index contributed by atoms with van der Waals surface area (Å²) in [5, 5.41) is 2.47. The molecule has 1 N–H and O–H groups in total. The standard InChI is InChI=1S/C6H6ClN3O2/c1-12-5-2-4(7)9-6(10-5)8-3-11/h2-3H,1H3,(H,8,9,10,11). The van der Waals surface area contributed by atoms with Crippen molar-refractivity contribution in [1.82, 2.24) is 9.97 Å². The van der Waals surface area contributed by atoms with Crippen LogP contribution < -0.4 is 10.1 Å². The van der Waals surface area contributed by atoms with E-state index in [0.717, 1.165) is 0 Å². The van der Waals surface area contributed by atoms with Crippen molar-refractivity contribution in [2.75, 3.05) is 12.4 Å². The summed E-state index contributed by atoms with van der Waals surface area (Å²) in [4.78, 5) is 17.5. The van der Waals surface area contributed by atoms with Gasteiger partial charge in [0.25, 0.3) is 0 Å². The van der Waals surface area contributed by atoms with Gasteiger partial charge in [-0.3, -0.25) is 10.1 Å². The second-order valence-electron chi connectivity index (χ2n) is 1.82. The third-order valence-electron chi connectivity index (χ3n) is 1.07. The Labute approximate surface area is 73.7 Å². The number of carbonyl (C=O) groups excluding carboxylic acids is 1. The SMILES string of the molecule is COc1cc(Cl)nc(NC=O)n1. The van der Waals surface area contributed by atoms with Crippen molar-refractivity contribution >= 4 is 24.0 Å². The van der Waals surface area contributed by atoms with E-state index in [9.17, 15) is 4.79 Å². The van der Waals surface area contributed by atoms with Crippen LogP contribution in [0.1, 0.15) is 0 Å². The van der Waals surface area contributed by atoms with Gasteiger partial charge >= 0.3 is 0 Å². The minimum Gasteiger partial charge on any atom is -0.481 e. The van der Waals surface area contributed by atoms with Gasteiger partial charge in [0.2, 0.25) is 18.2 Å². The minimum absolute atomic E-state index is 0.120. The third kappa shape index (κ3) is 2.06. The number of anilines is 1. The van der Waals surface area contributed by atoms with E-state index in [4.69, 9.17) is 16.3 Å². The maximum absolute atomic E-state index is 10.0. The Bertz CT molecular complexity index is 292. The van der Waals surface area contributed by atoms with Crippen LogP contribution in [0.2, 0.25) is 5.15 Å². The predicted octanol–water partition coefficient (Wildman–Crippen LogP) is 0.707. The molecule has 6 heteroatoms. The van der Waals surface area contributed by atoms with E-state index < -0.39 is 0 Å². The van der Waals surface area contributed by atoms with E-state index in [1.165, 1.54) is 13.2 Å². The number of rotatable bonds is 3. The van der Waals surface area contributed by atoms with Crippen molar-refractivity contribution in [3.63, 3.8) is 0 Å². The van der Waals surface area contributed by atoms with Crippen LogP contribution >= 0.6 is 11.6 Å². The molecule has 0 saturated carbocycles. The van der Waals surface area contributed by atoms with Gasteiger partial charge in [-0.15, -0.1) is 0 Å². The average molecular weight is 188 g/mol. The van der Waals surface area contributed by atoms with Crippen molar-refractivity contribution < 1.29 is 9.53 Å². The van der Waals surface area contributed by atoms with E-state index in [2.05, 4.69) is 15.3 Å². The van der Waals surface area contributed by atoms with Gasteiger partial charge in [-0.1, -0.05) is 11.6 Å². The van der Waals surface area contributed by atoms with Crippen LogP contribution in [0.3, 0.4) is 0 Å². The van der Waals surface area contributed by atoms with Crippen molar-refractivity contribution in [3.8, 4) is 5.88 Å². The number of methoxy groups -OCH3 is 1. The second-order valence-corrected chi connectivity index (χ2v) is 2.21. The van der Waals surface area contributed by atoms with E-state index in [-0.39, 0.29) is 11.1 Å². The van der Waals surface area contributed by atoms with Gasteiger partial charge in [0.15, 0.2) is 0 Å². The number of halogens is 1. The molecule has 64 valence electrons. The molecular weight excluding hydrogens is 182 g/mol. The first-order chi connectivity index (χ1) is 5.76. The summed E-state index contributed by atoms with van der Waals surface area (Å²) in [7, 11) is 1.45. The summed E-state index contributed by atoms with van der Waals surface area (Å²) in [6, 6.07) is 1.44. The Morgan fingerprint density at radius 3 is 3.00 bits per heavy atom. The van der Waals surface area contributed by atoms with Gasteiger partial charge in [0.1, 0.15) is 5.15 Å². The summed E-state index contributed by atoms with van der Waals surface area (Å²) in [5.74, 6) is 0.425. The maximum Gasteiger partial charge on any atom is 0.233 e. The van der Waals surface area contributed by atoms with Crippen LogP contribution in [0.4, 0.5) is 5.95 Å². The summed E-state index contributed by atoms with van der Waals surface area (Å²) in [6.45, 7) is 0. The van der Waals surface area contributed by atoms with Crippen LogP contribution in [-0.2, 0) is 4.79 Å². The number of hydrogen-bond acceptors (Lipinski definition) is 4. The first-order valence-corrected chi connectivity index (χ1v) is 3.43. The maximum atomic E-state index is 10.0. The van der Waals surface area contributed by atoms with Crippen molar-refractivity contribution in [2.45, 2.75) is 0 Å². The smallest absolute Gasteiger partial charge is 0.233 e. The molecule has 0 bridgehead atoms. The lowest BCUT2D eigenvalue weighted by Gasteiger charge is -2.01. The zero-order valence-corrected chi connectivity index (χ0v) is 7.00. The molecule has 1 rings (SSSR count). The highest BCUT2D eigenvalue weighted by Crippen LogP contribution is 2.14. The molecule has 0 aliphatic rings. The quantitative estimate of drug-likeness (QED) is 0.559. The van der Waals surface area contributed by atoms with Crippen molar-refractivity contribution in [3.05, 3.63) is 11.2 Å². The fourth-order valence-electron chi connectivity index (χ4n) is 0.619. The topological polar surface area (TPSA) is 64.1 Å². The van der Waals surface area contributed by atoms with E-state index in [1.54, 1.807) is 0 Å². The predicted molar refractivity (Wildman–Crippen MR) is 43.3 cm³/mol. The average Bonchev–Trinajstić information content (AvgIpc) is 2.04. The fraction of sp³-hybridized carbons (Fsp3) is 0.167. The van der Waals surface area contributed by atoms with Crippen LogP contribution in [0, 0.1) is 0 Å². The highest BCUT2D eigenvalue weighted by atomic mass is 35.5. The van der Waals surface area contributed by atoms with Crippen molar-refractivity contribution in [1.29, 1.82) is 0 Å². The number of hydrogen-bond donors (Lipinski definition) is 1. The first kappa shape index (κ1) is 8.73. The Kier molecular flexibility index (Phi) is 2.82. The lowest BCUT2D eigenvalue weighted by atomic mass is 10.6. The molecule has 0 aliphatic heterocycles. The molecule has 0 fully saturated rings. The summed E-state index contributed by atoms with van der Waals surface area (Å²) in [6.07, 6.45) is 0.463. The second kappa shape index (κ2) is 3.87. The molecular formula is C6H6ClN3O2. The zero-order chi connectivity index (χ0) is 8.97. The third-order valence-corrected chi connectivity index (χ3v) is 1.26. The molecule has 1 amide bonds. The number of ether oxygens (including phenoxy) is 1. The van der Waals surface area contributed by atoms with Gasteiger partial charge < -0.3 is 4.74 Å². The highest BCUT2D eigenvalue weighted by molar-refractivity contribution is 6.29. The number of aromatic nitrogens is 2. The molecule has 0 radical (unpaired) electrons. The summed E-state index contributed by atoms with van der Waals surface area (Å²) in [5.41, 5.74) is 0. The molecule has 0 unspecified atom stereocenters. The molecule has 0 aromatic carbocycles. The molecule has 12 heavy (non-hydrogen) atoms. The molecule has 1 aromatic rings. The van der Waals surface area contributed by atoms with Crippen LogP contribution in [0.25, 0.3) is 0 Å². The minimum atomic E-state index is 0.120. The van der Waals surface area contributed by atoms with Gasteiger partial charge in [-0.25, -0.2) is 4.98 Å². The molecule has 5 nitrogen and oxygen atoms in total. The largest absolute Gasteiger partial charge is 0.481 e. The molecule has 0 atom stereocenters. The first-order valence-electron chi connectivity index (χ1n) is 3.05. The fourth-order valence-corrected chi connectivity index (χ4v) is 0.792. The van der Waals surface area contributed by atoms with E-state index in [1.807, 2.05) is 0 Å². The van der Waals surface area contributed by atoms with E-state index >= 15 is 0 Å². The number of nitrogens with zero attached hydrogens (tertiary/aromatic N) is 2. The number of amides is 1. The van der Waals surface area contributed by atoms with Crippen LogP contribution in [0.5, 0.6) is 5.88 Å². The summed E-state index contributed by atoms with van der Waals surface area (Å²) >= 11 is 5.58. The van der Waals surface area contributed by atoms with Gasteiger partial charge in [0, 0.05) is 6.07 Å². The Morgan fingerprint density at radius 1 is 1.67 bits per heavy atom. The van der Waals surface area contributed by atoms with E-state index in [0.29, 0.717) is 12.3 Å². The van der Waals surface area contributed by atoms with Crippen LogP contribution in [0.15, 0.2) is 6.07 Å². The lowest BCUT2D eigenvalue weighted by Crippen LogP contribution is -2.01. The highest BCUT2D eigenvalue weighted by Gasteiger charge is 2.01. The molecule has 0 spiro atoms. The Morgan fingerprint density at radius 2 is 2.42 bits per heavy atom. The number of carbonyl (C=O) groups is 1. The zero-order valence-electron chi connectivity index (χ0n) is 6.24. The molecule has 1 aromatic heterocycles. The monoisotopic (exact) mass is 187 g/mol.